The first-order chi connectivity index (χ1) is 10.8. The summed E-state index contributed by atoms with van der Waals surface area (Å²) in [5.74, 6) is 0.963. The molecule has 3 rings (SSSR count). The van der Waals surface area contributed by atoms with E-state index in [1.54, 1.807) is 0 Å². The second kappa shape index (κ2) is 9.31. The minimum atomic E-state index is 0. The van der Waals surface area contributed by atoms with E-state index in [0.717, 1.165) is 35.4 Å². The average molecular weight is 397 g/mol. The predicted octanol–water partition coefficient (Wildman–Crippen LogP) is 5.45. The number of hydrogen-bond donors (Lipinski definition) is 1. The number of nitrogens with one attached hydrogen (secondary N) is 1. The summed E-state index contributed by atoms with van der Waals surface area (Å²) < 4.78 is 7.16. The summed E-state index contributed by atoms with van der Waals surface area (Å²) in [4.78, 5) is 0. The summed E-state index contributed by atoms with van der Waals surface area (Å²) in [7, 11) is 0. The van der Waals surface area contributed by atoms with Crippen molar-refractivity contribution in [2.24, 2.45) is 0 Å². The topological polar surface area (TPSA) is 21.3 Å². The van der Waals surface area contributed by atoms with E-state index in [1.165, 1.54) is 24.8 Å². The maximum Gasteiger partial charge on any atom is 0.127 e. The van der Waals surface area contributed by atoms with Crippen molar-refractivity contribution in [3.05, 3.63) is 53.0 Å². The molecule has 1 N–H and O–H groups in total. The molecule has 1 saturated heterocycles. The fourth-order valence-corrected chi connectivity index (χ4v) is 3.31. The van der Waals surface area contributed by atoms with Crippen molar-refractivity contribution < 1.29 is 4.74 Å². The van der Waals surface area contributed by atoms with E-state index >= 15 is 0 Å². The van der Waals surface area contributed by atoms with Gasteiger partial charge < -0.3 is 10.1 Å². The molecule has 2 nitrogen and oxygen atoms in total. The van der Waals surface area contributed by atoms with Gasteiger partial charge in [-0.2, -0.15) is 0 Å². The van der Waals surface area contributed by atoms with Crippen LogP contribution >= 0.6 is 28.3 Å². The Morgan fingerprint density at radius 1 is 1.09 bits per heavy atom. The normalized spacial score (nSPS) is 17.3. The fourth-order valence-electron chi connectivity index (χ4n) is 2.95. The van der Waals surface area contributed by atoms with Gasteiger partial charge in [-0.05, 0) is 49.6 Å². The van der Waals surface area contributed by atoms with Crippen LogP contribution in [0.5, 0.6) is 5.75 Å². The highest BCUT2D eigenvalue weighted by Crippen LogP contribution is 2.32. The maximum atomic E-state index is 6.09. The third-order valence-corrected chi connectivity index (χ3v) is 4.66. The first-order valence-corrected chi connectivity index (χ1v) is 8.83. The van der Waals surface area contributed by atoms with Crippen LogP contribution in [-0.2, 0) is 0 Å². The third-order valence-electron chi connectivity index (χ3n) is 4.16. The molecule has 0 spiro atoms. The summed E-state index contributed by atoms with van der Waals surface area (Å²) in [6.45, 7) is 1.91. The lowest BCUT2D eigenvalue weighted by Crippen LogP contribution is -2.35. The predicted molar refractivity (Wildman–Crippen MR) is 103 cm³/mol. The average Bonchev–Trinajstić information content (AvgIpc) is 2.58. The largest absolute Gasteiger partial charge is 0.493 e. The van der Waals surface area contributed by atoms with Crippen LogP contribution in [0.25, 0.3) is 11.1 Å². The van der Waals surface area contributed by atoms with Gasteiger partial charge in [0.15, 0.2) is 0 Å². The van der Waals surface area contributed by atoms with Gasteiger partial charge in [0.1, 0.15) is 5.75 Å². The Morgan fingerprint density at radius 2 is 1.91 bits per heavy atom. The Balaban J connectivity index is 0.00000192. The highest BCUT2D eigenvalue weighted by atomic mass is 79.9. The molecule has 2 aromatic carbocycles. The van der Waals surface area contributed by atoms with Gasteiger partial charge in [0.25, 0.3) is 0 Å². The van der Waals surface area contributed by atoms with Gasteiger partial charge in [-0.3, -0.25) is 0 Å². The van der Waals surface area contributed by atoms with Crippen molar-refractivity contribution in [3.63, 3.8) is 0 Å². The van der Waals surface area contributed by atoms with Crippen LogP contribution in [0.15, 0.2) is 53.0 Å². The molecule has 0 saturated carbocycles. The highest BCUT2D eigenvalue weighted by Gasteiger charge is 2.13. The van der Waals surface area contributed by atoms with Crippen LogP contribution in [0.3, 0.4) is 0 Å². The van der Waals surface area contributed by atoms with Gasteiger partial charge in [-0.25, -0.2) is 0 Å². The van der Waals surface area contributed by atoms with Gasteiger partial charge in [0, 0.05) is 16.1 Å². The lowest BCUT2D eigenvalue weighted by Gasteiger charge is -2.23. The van der Waals surface area contributed by atoms with Crippen molar-refractivity contribution in [1.82, 2.24) is 5.32 Å². The number of halogens is 2. The summed E-state index contributed by atoms with van der Waals surface area (Å²) in [5.41, 5.74) is 2.33. The lowest BCUT2D eigenvalue weighted by molar-refractivity contribution is 0.269. The molecule has 1 heterocycles. The lowest BCUT2D eigenvalue weighted by atomic mass is 10.0. The SMILES string of the molecule is Brc1ccc(OCCC2CCCCN2)c(-c2ccccc2)c1.Cl. The van der Waals surface area contributed by atoms with Gasteiger partial charge in [0.2, 0.25) is 0 Å². The second-order valence-corrected chi connectivity index (χ2v) is 6.71. The van der Waals surface area contributed by atoms with E-state index in [9.17, 15) is 0 Å². The van der Waals surface area contributed by atoms with Crippen LogP contribution in [0.4, 0.5) is 0 Å². The summed E-state index contributed by atoms with van der Waals surface area (Å²) in [5, 5.41) is 3.57. The monoisotopic (exact) mass is 395 g/mol. The van der Waals surface area contributed by atoms with Crippen molar-refractivity contribution in [2.75, 3.05) is 13.2 Å². The molecule has 23 heavy (non-hydrogen) atoms. The number of piperidine rings is 1. The Morgan fingerprint density at radius 3 is 2.65 bits per heavy atom. The third kappa shape index (κ3) is 5.23. The zero-order chi connectivity index (χ0) is 15.2. The van der Waals surface area contributed by atoms with E-state index in [1.807, 2.05) is 12.1 Å². The molecular weight excluding hydrogens is 374 g/mol. The zero-order valence-electron chi connectivity index (χ0n) is 13.1. The minimum Gasteiger partial charge on any atom is -0.493 e. The van der Waals surface area contributed by atoms with Gasteiger partial charge in [-0.15, -0.1) is 12.4 Å². The number of ether oxygens (including phenoxy) is 1. The molecule has 124 valence electrons. The summed E-state index contributed by atoms with van der Waals surface area (Å²) >= 11 is 3.56. The minimum absolute atomic E-state index is 0. The van der Waals surface area contributed by atoms with Gasteiger partial charge in [-0.1, -0.05) is 52.7 Å². The Kier molecular flexibility index (Phi) is 7.41. The van der Waals surface area contributed by atoms with Crippen molar-refractivity contribution in [3.8, 4) is 16.9 Å². The van der Waals surface area contributed by atoms with E-state index in [0.29, 0.717) is 6.04 Å². The molecule has 0 radical (unpaired) electrons. The van der Waals surface area contributed by atoms with Gasteiger partial charge in [0.05, 0.1) is 6.61 Å². The molecule has 1 fully saturated rings. The van der Waals surface area contributed by atoms with Crippen LogP contribution in [0.1, 0.15) is 25.7 Å². The van der Waals surface area contributed by atoms with Crippen molar-refractivity contribution in [2.45, 2.75) is 31.7 Å². The van der Waals surface area contributed by atoms with E-state index in [-0.39, 0.29) is 12.4 Å². The quantitative estimate of drug-likeness (QED) is 0.725. The molecule has 0 amide bonds. The maximum absolute atomic E-state index is 6.09. The van der Waals surface area contributed by atoms with E-state index in [2.05, 4.69) is 57.6 Å². The molecule has 0 aliphatic carbocycles. The molecule has 1 aliphatic heterocycles. The smallest absolute Gasteiger partial charge is 0.127 e. The number of benzene rings is 2. The molecule has 1 unspecified atom stereocenters. The standard InChI is InChI=1S/C19H22BrNO.ClH/c20-16-9-10-19(18(14-16)15-6-2-1-3-7-15)22-13-11-17-8-4-5-12-21-17;/h1-3,6-7,9-10,14,17,21H,4-5,8,11-13H2;1H. The number of hydrogen-bond acceptors (Lipinski definition) is 2. The van der Waals surface area contributed by atoms with Crippen molar-refractivity contribution >= 4 is 28.3 Å². The Labute approximate surface area is 153 Å². The Hall–Kier alpha value is -1.03. The highest BCUT2D eigenvalue weighted by molar-refractivity contribution is 9.10. The summed E-state index contributed by atoms with van der Waals surface area (Å²) in [6, 6.07) is 17.2. The Bertz CT molecular complexity index is 600. The molecule has 1 atom stereocenters. The molecular formula is C19H23BrClNO. The second-order valence-electron chi connectivity index (χ2n) is 5.79. The van der Waals surface area contributed by atoms with E-state index < -0.39 is 0 Å². The van der Waals surface area contributed by atoms with Crippen LogP contribution in [-0.4, -0.2) is 19.2 Å². The molecule has 4 heteroatoms. The van der Waals surface area contributed by atoms with E-state index in [4.69, 9.17) is 4.74 Å². The van der Waals surface area contributed by atoms with Crippen molar-refractivity contribution in [1.29, 1.82) is 0 Å². The molecule has 2 aromatic rings. The van der Waals surface area contributed by atoms with Gasteiger partial charge >= 0.3 is 0 Å². The molecule has 0 bridgehead atoms. The van der Waals surface area contributed by atoms with Crippen LogP contribution in [0.2, 0.25) is 0 Å². The molecule has 0 aromatic heterocycles. The first-order valence-electron chi connectivity index (χ1n) is 8.04. The van der Waals surface area contributed by atoms with Crippen LogP contribution in [0, 0.1) is 0 Å². The fraction of sp³-hybridized carbons (Fsp3) is 0.368. The molecule has 1 aliphatic rings. The zero-order valence-corrected chi connectivity index (χ0v) is 15.5. The van der Waals surface area contributed by atoms with Crippen LogP contribution < -0.4 is 10.1 Å². The summed E-state index contributed by atoms with van der Waals surface area (Å²) in [6.07, 6.45) is 4.99. The first kappa shape index (κ1) is 18.3. The number of rotatable bonds is 5.